The Morgan fingerprint density at radius 3 is 2.28 bits per heavy atom. The third-order valence-corrected chi connectivity index (χ3v) is 6.61. The Bertz CT molecular complexity index is 1320. The molecule has 9 nitrogen and oxygen atoms in total. The van der Waals surface area contributed by atoms with Gasteiger partial charge in [-0.3, -0.25) is 10.1 Å². The van der Waals surface area contributed by atoms with Gasteiger partial charge in [-0.2, -0.15) is 0 Å². The van der Waals surface area contributed by atoms with Crippen LogP contribution in [0.5, 0.6) is 0 Å². The largest absolute Gasteiger partial charge is 0.466 e. The van der Waals surface area contributed by atoms with Gasteiger partial charge in [0.1, 0.15) is 19.0 Å². The molecule has 0 saturated heterocycles. The van der Waals surface area contributed by atoms with Gasteiger partial charge in [-0.05, 0) is 19.9 Å². The van der Waals surface area contributed by atoms with E-state index >= 15 is 4.39 Å². The molecule has 0 aliphatic carbocycles. The second kappa shape index (κ2) is 12.2. The zero-order valence-corrected chi connectivity index (χ0v) is 23.1. The van der Waals surface area contributed by atoms with Crippen LogP contribution in [0.1, 0.15) is 44.7 Å². The summed E-state index contributed by atoms with van der Waals surface area (Å²) < 4.78 is 25.8. The van der Waals surface area contributed by atoms with Crippen molar-refractivity contribution in [2.75, 3.05) is 27.3 Å². The summed E-state index contributed by atoms with van der Waals surface area (Å²) in [6.07, 6.45) is 0. The second-order valence-electron chi connectivity index (χ2n) is 10.6. The van der Waals surface area contributed by atoms with Gasteiger partial charge in [-0.15, -0.1) is 0 Å². The second-order valence-corrected chi connectivity index (χ2v) is 10.6. The fraction of sp³-hybridized carbons (Fsp3) is 0.379. The van der Waals surface area contributed by atoms with Crippen molar-refractivity contribution in [2.24, 2.45) is 5.41 Å². The zero-order chi connectivity index (χ0) is 28.9. The Morgan fingerprint density at radius 2 is 1.69 bits per heavy atom. The molecule has 10 heteroatoms. The molecule has 1 heterocycles. The number of ether oxygens (including phenoxy) is 2. The maximum atomic E-state index is 15.2. The molecule has 2 unspecified atom stereocenters. The van der Waals surface area contributed by atoms with Crippen LogP contribution in [0.2, 0.25) is 0 Å². The van der Waals surface area contributed by atoms with Crippen LogP contribution in [0.4, 0.5) is 10.1 Å². The Kier molecular flexibility index (Phi) is 9.24. The molecule has 0 radical (unpaired) electrons. The molecular weight excluding hydrogens is 505 g/mol. The minimum absolute atomic E-state index is 0.0128. The molecule has 39 heavy (non-hydrogen) atoms. The van der Waals surface area contributed by atoms with Crippen LogP contribution in [-0.4, -0.2) is 44.2 Å². The number of nitro groups is 1. The van der Waals surface area contributed by atoms with Crippen LogP contribution >= 0.6 is 0 Å². The van der Waals surface area contributed by atoms with E-state index in [-0.39, 0.29) is 29.0 Å². The number of carbonyl (C=O) groups excluding carboxylic acids is 2. The summed E-state index contributed by atoms with van der Waals surface area (Å²) in [6.45, 7) is 8.73. The summed E-state index contributed by atoms with van der Waals surface area (Å²) in [6, 6.07) is 13.1. The highest BCUT2D eigenvalue weighted by Crippen LogP contribution is 2.41. The number of methoxy groups -OCH3 is 1. The number of rotatable bonds is 10. The van der Waals surface area contributed by atoms with Crippen molar-refractivity contribution >= 4 is 17.6 Å². The first kappa shape index (κ1) is 29.5. The number of hydrogen-bond acceptors (Lipinski definition) is 7. The van der Waals surface area contributed by atoms with E-state index in [1.54, 1.807) is 13.8 Å². The standard InChI is InChI=1S/C29H34FN3O6/c1-18-24(27(34)38-6)26(22-14-21(33(36)37)12-13-23(22)30)25(19(2)31-18)28(35)39-17-29(3,4)16-32(5)15-20-10-8-7-9-11-20/h7-14,26,31H,15-17H2,1-6H3/p+1. The first-order valence-corrected chi connectivity index (χ1v) is 12.6. The van der Waals surface area contributed by atoms with Crippen LogP contribution in [0, 0.1) is 21.3 Å². The van der Waals surface area contributed by atoms with Crippen molar-refractivity contribution < 1.29 is 33.3 Å². The van der Waals surface area contributed by atoms with Crippen LogP contribution in [0.3, 0.4) is 0 Å². The van der Waals surface area contributed by atoms with E-state index in [4.69, 9.17) is 9.47 Å². The van der Waals surface area contributed by atoms with E-state index in [2.05, 4.69) is 24.5 Å². The highest BCUT2D eigenvalue weighted by molar-refractivity contribution is 6.00. The summed E-state index contributed by atoms with van der Waals surface area (Å²) in [5, 5.41) is 14.4. The SMILES string of the molecule is COC(=O)C1=C(C)NC(C)=C(C(=O)OCC(C)(C)C[NH+](C)Cc2ccccc2)C1c1cc([N+](=O)[O-])ccc1F. The molecule has 0 bridgehead atoms. The van der Waals surface area contributed by atoms with E-state index in [0.717, 1.165) is 24.7 Å². The number of allylic oxidation sites excluding steroid dienone is 2. The molecule has 1 aliphatic heterocycles. The van der Waals surface area contributed by atoms with Gasteiger partial charge >= 0.3 is 11.9 Å². The predicted octanol–water partition coefficient (Wildman–Crippen LogP) is 3.43. The molecule has 0 saturated carbocycles. The normalized spacial score (nSPS) is 16.4. The summed E-state index contributed by atoms with van der Waals surface area (Å²) in [5.74, 6) is -3.61. The first-order valence-electron chi connectivity index (χ1n) is 12.6. The molecule has 2 aromatic carbocycles. The number of non-ortho nitro benzene ring substituents is 1. The van der Waals surface area contributed by atoms with Crippen molar-refractivity contribution in [1.82, 2.24) is 5.32 Å². The lowest BCUT2D eigenvalue weighted by Crippen LogP contribution is -3.09. The van der Waals surface area contributed by atoms with E-state index in [1.807, 2.05) is 32.0 Å². The Labute approximate surface area is 227 Å². The van der Waals surface area contributed by atoms with Crippen molar-refractivity contribution in [3.05, 3.63) is 98.1 Å². The number of carbonyl (C=O) groups is 2. The maximum Gasteiger partial charge on any atom is 0.336 e. The molecule has 208 valence electrons. The third kappa shape index (κ3) is 7.08. The van der Waals surface area contributed by atoms with Crippen LogP contribution < -0.4 is 10.2 Å². The fourth-order valence-corrected chi connectivity index (χ4v) is 5.04. The van der Waals surface area contributed by atoms with Crippen LogP contribution in [0.25, 0.3) is 0 Å². The number of nitrogens with zero attached hydrogens (tertiary/aromatic N) is 1. The summed E-state index contributed by atoms with van der Waals surface area (Å²) in [4.78, 5) is 38.4. The predicted molar refractivity (Wildman–Crippen MR) is 143 cm³/mol. The van der Waals surface area contributed by atoms with Crippen molar-refractivity contribution in [3.63, 3.8) is 0 Å². The van der Waals surface area contributed by atoms with E-state index in [0.29, 0.717) is 17.9 Å². The molecule has 0 fully saturated rings. The van der Waals surface area contributed by atoms with Crippen molar-refractivity contribution in [1.29, 1.82) is 0 Å². The first-order chi connectivity index (χ1) is 18.3. The lowest BCUT2D eigenvalue weighted by Gasteiger charge is -2.32. The van der Waals surface area contributed by atoms with E-state index in [1.165, 1.54) is 17.6 Å². The number of benzene rings is 2. The van der Waals surface area contributed by atoms with Gasteiger partial charge in [0.25, 0.3) is 5.69 Å². The van der Waals surface area contributed by atoms with Gasteiger partial charge in [0.2, 0.25) is 0 Å². The molecule has 0 spiro atoms. The van der Waals surface area contributed by atoms with Crippen LogP contribution in [-0.2, 0) is 25.6 Å². The van der Waals surface area contributed by atoms with Gasteiger partial charge in [0.05, 0.1) is 42.7 Å². The van der Waals surface area contributed by atoms with Gasteiger partial charge in [-0.25, -0.2) is 14.0 Å². The molecule has 2 aromatic rings. The molecule has 2 atom stereocenters. The number of dihydropyridines is 1. The Balaban J connectivity index is 1.89. The number of halogens is 1. The molecule has 2 N–H and O–H groups in total. The number of nitro benzene ring substituents is 1. The van der Waals surface area contributed by atoms with Gasteiger partial charge in [-0.1, -0.05) is 44.2 Å². The Morgan fingerprint density at radius 1 is 1.08 bits per heavy atom. The lowest BCUT2D eigenvalue weighted by atomic mass is 9.80. The molecular formula is C29H35FN3O6+. The summed E-state index contributed by atoms with van der Waals surface area (Å²) in [7, 11) is 3.23. The fourth-order valence-electron chi connectivity index (χ4n) is 5.04. The third-order valence-electron chi connectivity index (χ3n) is 6.61. The lowest BCUT2D eigenvalue weighted by molar-refractivity contribution is -0.900. The molecule has 0 amide bonds. The molecule has 1 aliphatic rings. The smallest absolute Gasteiger partial charge is 0.336 e. The van der Waals surface area contributed by atoms with Crippen molar-refractivity contribution in [2.45, 2.75) is 40.2 Å². The molecule has 3 rings (SSSR count). The van der Waals surface area contributed by atoms with E-state index in [9.17, 15) is 19.7 Å². The Hall–Kier alpha value is -4.05. The highest BCUT2D eigenvalue weighted by atomic mass is 19.1. The number of esters is 2. The topological polar surface area (TPSA) is 112 Å². The van der Waals surface area contributed by atoms with Gasteiger partial charge < -0.3 is 19.7 Å². The van der Waals surface area contributed by atoms with Crippen LogP contribution in [0.15, 0.2) is 71.1 Å². The van der Waals surface area contributed by atoms with Crippen molar-refractivity contribution in [3.8, 4) is 0 Å². The summed E-state index contributed by atoms with van der Waals surface area (Å²) in [5.41, 5.74) is 0.877. The number of hydrogen-bond donors (Lipinski definition) is 2. The zero-order valence-electron chi connectivity index (χ0n) is 23.1. The average Bonchev–Trinajstić information content (AvgIpc) is 2.87. The molecule has 0 aromatic heterocycles. The maximum absolute atomic E-state index is 15.2. The summed E-state index contributed by atoms with van der Waals surface area (Å²) >= 11 is 0. The average molecular weight is 541 g/mol. The van der Waals surface area contributed by atoms with E-state index < -0.39 is 34.0 Å². The van der Waals surface area contributed by atoms with Gasteiger partial charge in [0.15, 0.2) is 0 Å². The quantitative estimate of drug-likeness (QED) is 0.270. The minimum atomic E-state index is -1.26. The monoisotopic (exact) mass is 540 g/mol. The number of quaternary nitrogens is 1. The minimum Gasteiger partial charge on any atom is -0.466 e. The van der Waals surface area contributed by atoms with Gasteiger partial charge in [0, 0.05) is 40.1 Å². The number of nitrogens with one attached hydrogen (secondary N) is 2. The highest BCUT2D eigenvalue weighted by Gasteiger charge is 2.40.